The topological polar surface area (TPSA) is 70.9 Å². The van der Waals surface area contributed by atoms with Crippen LogP contribution >= 0.6 is 15.9 Å². The van der Waals surface area contributed by atoms with Crippen LogP contribution < -0.4 is 5.32 Å². The first-order valence-corrected chi connectivity index (χ1v) is 8.31. The van der Waals surface area contributed by atoms with Gasteiger partial charge in [0.25, 0.3) is 5.91 Å². The van der Waals surface area contributed by atoms with Gasteiger partial charge in [0.05, 0.1) is 6.21 Å². The molecular weight excluding hydrogens is 372 g/mol. The van der Waals surface area contributed by atoms with Crippen LogP contribution in [-0.2, 0) is 16.1 Å². The number of amides is 1. The van der Waals surface area contributed by atoms with E-state index in [-0.39, 0.29) is 24.3 Å². The summed E-state index contributed by atoms with van der Waals surface area (Å²) in [5.41, 5.74) is 1.66. The number of hydrogen-bond acceptors (Lipinski definition) is 4. The number of carbonyl (C=O) groups is 1. The largest absolute Gasteiger partial charge is 0.507 e. The molecule has 0 aromatic heterocycles. The molecule has 0 saturated carbocycles. The van der Waals surface area contributed by atoms with E-state index in [1.165, 1.54) is 6.21 Å². The fourth-order valence-corrected chi connectivity index (χ4v) is 2.53. The molecule has 0 heterocycles. The van der Waals surface area contributed by atoms with Crippen LogP contribution in [0.1, 0.15) is 18.1 Å². The lowest BCUT2D eigenvalue weighted by atomic mass is 10.1. The molecule has 2 aromatic carbocycles. The highest BCUT2D eigenvalue weighted by Gasteiger charge is 2.08. The molecule has 0 aliphatic heterocycles. The van der Waals surface area contributed by atoms with Crippen molar-refractivity contribution in [2.24, 2.45) is 5.16 Å². The highest BCUT2D eigenvalue weighted by Crippen LogP contribution is 2.20. The summed E-state index contributed by atoms with van der Waals surface area (Å²) in [6.45, 7) is 1.76. The summed E-state index contributed by atoms with van der Waals surface area (Å²) in [6, 6.07) is 14.9. The van der Waals surface area contributed by atoms with Crippen LogP contribution in [0.2, 0.25) is 0 Å². The second-order valence-electron chi connectivity index (χ2n) is 5.37. The van der Waals surface area contributed by atoms with Crippen LogP contribution in [0, 0.1) is 0 Å². The van der Waals surface area contributed by atoms with Gasteiger partial charge in [-0.2, -0.15) is 0 Å². The molecule has 0 aliphatic carbocycles. The average molecular weight is 391 g/mol. The number of nitrogens with zero attached hydrogens (tertiary/aromatic N) is 1. The zero-order valence-corrected chi connectivity index (χ0v) is 14.9. The highest BCUT2D eigenvalue weighted by molar-refractivity contribution is 9.10. The molecule has 0 fully saturated rings. The van der Waals surface area contributed by atoms with Gasteiger partial charge in [-0.25, -0.2) is 0 Å². The number of oxime groups is 1. The lowest BCUT2D eigenvalue weighted by Gasteiger charge is -2.13. The predicted octanol–water partition coefficient (Wildman–Crippen LogP) is 3.25. The van der Waals surface area contributed by atoms with Crippen molar-refractivity contribution in [1.29, 1.82) is 0 Å². The van der Waals surface area contributed by atoms with Gasteiger partial charge in [0.2, 0.25) is 0 Å². The number of halogens is 1. The number of nitrogens with one attached hydrogen (secondary N) is 1. The van der Waals surface area contributed by atoms with Gasteiger partial charge >= 0.3 is 0 Å². The van der Waals surface area contributed by atoms with Crippen molar-refractivity contribution in [3.63, 3.8) is 0 Å². The van der Waals surface area contributed by atoms with Crippen LogP contribution in [0.3, 0.4) is 0 Å². The molecule has 5 nitrogen and oxygen atoms in total. The molecule has 0 saturated heterocycles. The molecule has 0 spiro atoms. The lowest BCUT2D eigenvalue weighted by molar-refractivity contribution is -0.126. The van der Waals surface area contributed by atoms with Crippen molar-refractivity contribution >= 4 is 28.1 Å². The summed E-state index contributed by atoms with van der Waals surface area (Å²) in [5.74, 6) is -0.152. The lowest BCUT2D eigenvalue weighted by Crippen LogP contribution is -2.36. The Labute approximate surface area is 149 Å². The van der Waals surface area contributed by atoms with Crippen LogP contribution in [0.15, 0.2) is 58.2 Å². The maximum absolute atomic E-state index is 11.8. The fourth-order valence-electron chi connectivity index (χ4n) is 2.15. The van der Waals surface area contributed by atoms with Gasteiger partial charge in [-0.15, -0.1) is 0 Å². The van der Waals surface area contributed by atoms with E-state index < -0.39 is 0 Å². The first kappa shape index (κ1) is 18.0. The van der Waals surface area contributed by atoms with Crippen LogP contribution in [0.25, 0.3) is 0 Å². The SMILES string of the molecule is CC(Cc1ccccc1)NC(=O)CON=Cc1cc(Br)ccc1O. The van der Waals surface area contributed by atoms with Gasteiger partial charge in [0.1, 0.15) is 5.75 Å². The van der Waals surface area contributed by atoms with E-state index in [0.717, 1.165) is 16.5 Å². The molecule has 0 bridgehead atoms. The summed E-state index contributed by atoms with van der Waals surface area (Å²) in [4.78, 5) is 16.8. The molecule has 1 atom stereocenters. The Kier molecular flexibility index (Phi) is 6.81. The van der Waals surface area contributed by atoms with E-state index in [1.54, 1.807) is 18.2 Å². The monoisotopic (exact) mass is 390 g/mol. The standard InChI is InChI=1S/C18H19BrN2O3/c1-13(9-14-5-3-2-4-6-14)21-18(23)12-24-20-11-15-10-16(19)7-8-17(15)22/h2-8,10-11,13,22H,9,12H2,1H3,(H,21,23). The third-order valence-electron chi connectivity index (χ3n) is 3.24. The first-order valence-electron chi connectivity index (χ1n) is 7.51. The molecular formula is C18H19BrN2O3. The summed E-state index contributed by atoms with van der Waals surface area (Å²) in [5, 5.41) is 16.2. The number of phenols is 1. The molecule has 6 heteroatoms. The van der Waals surface area contributed by atoms with Crippen molar-refractivity contribution in [2.45, 2.75) is 19.4 Å². The van der Waals surface area contributed by atoms with E-state index in [4.69, 9.17) is 4.84 Å². The molecule has 1 amide bonds. The first-order chi connectivity index (χ1) is 11.5. The van der Waals surface area contributed by atoms with Crippen molar-refractivity contribution in [3.8, 4) is 5.75 Å². The van der Waals surface area contributed by atoms with E-state index in [1.807, 2.05) is 37.3 Å². The van der Waals surface area contributed by atoms with E-state index >= 15 is 0 Å². The van der Waals surface area contributed by atoms with Crippen LogP contribution in [0.4, 0.5) is 0 Å². The van der Waals surface area contributed by atoms with Crippen molar-refractivity contribution in [1.82, 2.24) is 5.32 Å². The van der Waals surface area contributed by atoms with E-state index in [0.29, 0.717) is 5.56 Å². The number of carbonyl (C=O) groups excluding carboxylic acids is 1. The Hall–Kier alpha value is -2.34. The zero-order valence-electron chi connectivity index (χ0n) is 13.3. The van der Waals surface area contributed by atoms with Gasteiger partial charge in [0, 0.05) is 16.1 Å². The molecule has 2 N–H and O–H groups in total. The Morgan fingerprint density at radius 1 is 1.33 bits per heavy atom. The molecule has 2 aromatic rings. The second-order valence-corrected chi connectivity index (χ2v) is 6.29. The maximum Gasteiger partial charge on any atom is 0.260 e. The number of hydrogen-bond donors (Lipinski definition) is 2. The number of rotatable bonds is 7. The van der Waals surface area contributed by atoms with Gasteiger partial charge in [0.15, 0.2) is 6.61 Å². The third-order valence-corrected chi connectivity index (χ3v) is 3.74. The highest BCUT2D eigenvalue weighted by atomic mass is 79.9. The number of benzene rings is 2. The summed E-state index contributed by atoms with van der Waals surface area (Å²) in [6.07, 6.45) is 2.11. The average Bonchev–Trinajstić information content (AvgIpc) is 2.55. The predicted molar refractivity (Wildman–Crippen MR) is 97.1 cm³/mol. The molecule has 126 valence electrons. The summed E-state index contributed by atoms with van der Waals surface area (Å²) in [7, 11) is 0. The minimum Gasteiger partial charge on any atom is -0.507 e. The summed E-state index contributed by atoms with van der Waals surface area (Å²) < 4.78 is 0.814. The van der Waals surface area contributed by atoms with Gasteiger partial charge in [-0.05, 0) is 37.1 Å². The number of phenolic OH excluding ortho intramolecular Hbond substituents is 1. The van der Waals surface area contributed by atoms with Crippen molar-refractivity contribution in [2.75, 3.05) is 6.61 Å². The fraction of sp³-hybridized carbons (Fsp3) is 0.222. The Balaban J connectivity index is 1.74. The van der Waals surface area contributed by atoms with Crippen molar-refractivity contribution in [3.05, 3.63) is 64.1 Å². The van der Waals surface area contributed by atoms with Gasteiger partial charge < -0.3 is 15.3 Å². The second kappa shape index (κ2) is 9.08. The Morgan fingerprint density at radius 3 is 2.83 bits per heavy atom. The van der Waals surface area contributed by atoms with Crippen LogP contribution in [-0.4, -0.2) is 29.9 Å². The minimum absolute atomic E-state index is 0.00148. The molecule has 0 aliphatic rings. The smallest absolute Gasteiger partial charge is 0.260 e. The molecule has 1 unspecified atom stereocenters. The quantitative estimate of drug-likeness (QED) is 0.562. The van der Waals surface area contributed by atoms with Crippen LogP contribution in [0.5, 0.6) is 5.75 Å². The molecule has 24 heavy (non-hydrogen) atoms. The summed E-state index contributed by atoms with van der Waals surface area (Å²) >= 11 is 3.31. The van der Waals surface area contributed by atoms with Crippen molar-refractivity contribution < 1.29 is 14.7 Å². The van der Waals surface area contributed by atoms with Gasteiger partial charge in [-0.1, -0.05) is 51.4 Å². The minimum atomic E-state index is -0.242. The zero-order chi connectivity index (χ0) is 17.4. The molecule has 0 radical (unpaired) electrons. The van der Waals surface area contributed by atoms with E-state index in [2.05, 4.69) is 26.4 Å². The molecule has 2 rings (SSSR count). The van der Waals surface area contributed by atoms with Gasteiger partial charge in [-0.3, -0.25) is 4.79 Å². The normalized spacial score (nSPS) is 12.1. The maximum atomic E-state index is 11.8. The Morgan fingerprint density at radius 2 is 2.08 bits per heavy atom. The Bertz CT molecular complexity index is 705. The van der Waals surface area contributed by atoms with E-state index in [9.17, 15) is 9.90 Å². The number of aromatic hydroxyl groups is 1. The third kappa shape index (κ3) is 6.04.